The second-order valence-corrected chi connectivity index (χ2v) is 9.27. The molecule has 0 aliphatic carbocycles. The molecule has 0 aromatic carbocycles. The van der Waals surface area contributed by atoms with Crippen LogP contribution >= 0.6 is 0 Å². The summed E-state index contributed by atoms with van der Waals surface area (Å²) in [5.74, 6) is 0. The Morgan fingerprint density at radius 3 is 2.36 bits per heavy atom. The number of aryl methyl sites for hydroxylation is 2. The van der Waals surface area contributed by atoms with Gasteiger partial charge in [-0.15, -0.1) is 0 Å². The van der Waals surface area contributed by atoms with E-state index in [1.807, 2.05) is 19.9 Å². The van der Waals surface area contributed by atoms with E-state index in [0.29, 0.717) is 0 Å². The van der Waals surface area contributed by atoms with E-state index >= 15 is 0 Å². The van der Waals surface area contributed by atoms with Crippen LogP contribution in [0.5, 0.6) is 0 Å². The van der Waals surface area contributed by atoms with E-state index in [1.54, 1.807) is 0 Å². The van der Waals surface area contributed by atoms with Gasteiger partial charge in [-0.3, -0.25) is 0 Å². The predicted octanol–water partition coefficient (Wildman–Crippen LogP) is 1.89. The molecular formula is C9H17N3OSi. The minimum atomic E-state index is -1.58. The van der Waals surface area contributed by atoms with E-state index in [4.69, 9.17) is 0 Å². The van der Waals surface area contributed by atoms with E-state index in [-0.39, 0.29) is 6.03 Å². The van der Waals surface area contributed by atoms with Crippen molar-refractivity contribution in [3.8, 4) is 0 Å². The standard InChI is InChI=1S/C9H17N3OSi/c1-7-6-8(2)12(10-7)9(13)11-14(3,4)5/h6H,1-5H3,(H,11,13). The number of rotatable bonds is 1. The maximum atomic E-state index is 11.7. The number of nitrogens with one attached hydrogen (secondary N) is 1. The zero-order valence-corrected chi connectivity index (χ0v) is 10.4. The van der Waals surface area contributed by atoms with Crippen molar-refractivity contribution in [3.63, 3.8) is 0 Å². The lowest BCUT2D eigenvalue weighted by molar-refractivity contribution is 0.243. The van der Waals surface area contributed by atoms with Crippen molar-refractivity contribution in [2.75, 3.05) is 0 Å². The third kappa shape index (κ3) is 2.70. The Labute approximate surface area is 85.4 Å². The van der Waals surface area contributed by atoms with Crippen LogP contribution in [0.25, 0.3) is 0 Å². The Kier molecular flexibility index (Phi) is 2.80. The van der Waals surface area contributed by atoms with Crippen molar-refractivity contribution in [2.45, 2.75) is 33.5 Å². The van der Waals surface area contributed by atoms with E-state index < -0.39 is 8.24 Å². The number of carbonyl (C=O) groups excluding carboxylic acids is 1. The summed E-state index contributed by atoms with van der Waals surface area (Å²) in [7, 11) is -1.58. The van der Waals surface area contributed by atoms with Gasteiger partial charge in [0.05, 0.1) is 5.69 Å². The molecule has 0 radical (unpaired) electrons. The van der Waals surface area contributed by atoms with Gasteiger partial charge in [-0.25, -0.2) is 4.79 Å². The van der Waals surface area contributed by atoms with E-state index in [1.165, 1.54) is 4.68 Å². The number of nitrogens with zero attached hydrogens (tertiary/aromatic N) is 2. The largest absolute Gasteiger partial charge is 0.363 e. The molecule has 14 heavy (non-hydrogen) atoms. The first-order chi connectivity index (χ1) is 6.29. The molecule has 0 saturated heterocycles. The summed E-state index contributed by atoms with van der Waals surface area (Å²) >= 11 is 0. The normalized spacial score (nSPS) is 11.5. The average Bonchev–Trinajstić information content (AvgIpc) is 2.26. The molecule has 5 heteroatoms. The lowest BCUT2D eigenvalue weighted by Gasteiger charge is -2.17. The van der Waals surface area contributed by atoms with E-state index in [2.05, 4.69) is 29.7 Å². The summed E-state index contributed by atoms with van der Waals surface area (Å²) in [6.07, 6.45) is 0. The summed E-state index contributed by atoms with van der Waals surface area (Å²) in [6, 6.07) is 1.78. The van der Waals surface area contributed by atoms with Crippen molar-refractivity contribution in [2.24, 2.45) is 0 Å². The lowest BCUT2D eigenvalue weighted by Crippen LogP contribution is -2.47. The van der Waals surface area contributed by atoms with Gasteiger partial charge in [0.2, 0.25) is 0 Å². The molecule has 0 atom stereocenters. The van der Waals surface area contributed by atoms with Crippen LogP contribution in [-0.4, -0.2) is 24.0 Å². The van der Waals surface area contributed by atoms with Gasteiger partial charge in [-0.2, -0.15) is 9.78 Å². The molecule has 1 aromatic rings. The molecule has 0 bridgehead atoms. The zero-order chi connectivity index (χ0) is 10.9. The molecule has 1 heterocycles. The van der Waals surface area contributed by atoms with Crippen molar-refractivity contribution in [1.29, 1.82) is 0 Å². The third-order valence-corrected chi connectivity index (χ3v) is 2.65. The SMILES string of the molecule is Cc1cc(C)n(C(=O)N[Si](C)(C)C)n1. The second kappa shape index (κ2) is 3.57. The highest BCUT2D eigenvalue weighted by molar-refractivity contribution is 6.75. The number of aromatic nitrogens is 2. The molecule has 4 nitrogen and oxygen atoms in total. The molecule has 1 amide bonds. The highest BCUT2D eigenvalue weighted by Gasteiger charge is 2.19. The van der Waals surface area contributed by atoms with Gasteiger partial charge in [0.25, 0.3) is 0 Å². The summed E-state index contributed by atoms with van der Waals surface area (Å²) in [4.78, 5) is 14.7. The minimum Gasteiger partial charge on any atom is -0.363 e. The number of hydrogen-bond donors (Lipinski definition) is 1. The van der Waals surface area contributed by atoms with E-state index in [9.17, 15) is 4.79 Å². The second-order valence-electron chi connectivity index (χ2n) is 4.52. The highest BCUT2D eigenvalue weighted by Crippen LogP contribution is 2.02. The highest BCUT2D eigenvalue weighted by atomic mass is 28.3. The number of amides is 1. The molecule has 1 rings (SSSR count). The molecule has 0 fully saturated rings. The van der Waals surface area contributed by atoms with Gasteiger partial charge in [-0.05, 0) is 19.9 Å². The van der Waals surface area contributed by atoms with Crippen LogP contribution in [0.1, 0.15) is 11.4 Å². The van der Waals surface area contributed by atoms with Gasteiger partial charge in [0.15, 0.2) is 0 Å². The fraction of sp³-hybridized carbons (Fsp3) is 0.556. The van der Waals surface area contributed by atoms with Crippen LogP contribution in [-0.2, 0) is 0 Å². The van der Waals surface area contributed by atoms with Crippen LogP contribution in [0.4, 0.5) is 4.79 Å². The first kappa shape index (κ1) is 11.0. The molecule has 0 unspecified atom stereocenters. The number of carbonyl (C=O) groups is 1. The van der Waals surface area contributed by atoms with Gasteiger partial charge in [0.1, 0.15) is 8.24 Å². The van der Waals surface area contributed by atoms with Crippen LogP contribution in [0.3, 0.4) is 0 Å². The van der Waals surface area contributed by atoms with Crippen LogP contribution in [0, 0.1) is 13.8 Å². The summed E-state index contributed by atoms with van der Waals surface area (Å²) in [5.41, 5.74) is 1.74. The van der Waals surface area contributed by atoms with Crippen molar-refractivity contribution in [1.82, 2.24) is 14.8 Å². The fourth-order valence-corrected chi connectivity index (χ4v) is 1.96. The maximum absolute atomic E-state index is 11.7. The molecule has 0 spiro atoms. The molecule has 0 saturated carbocycles. The zero-order valence-electron chi connectivity index (χ0n) is 9.38. The first-order valence-corrected chi connectivity index (χ1v) is 8.15. The Morgan fingerprint density at radius 2 is 2.00 bits per heavy atom. The molecule has 0 aliphatic heterocycles. The molecule has 1 N–H and O–H groups in total. The summed E-state index contributed by atoms with van der Waals surface area (Å²) in [6.45, 7) is 10.00. The number of hydrogen-bond acceptors (Lipinski definition) is 2. The predicted molar refractivity (Wildman–Crippen MR) is 59.0 cm³/mol. The smallest absolute Gasteiger partial charge is 0.334 e. The van der Waals surface area contributed by atoms with Gasteiger partial charge in [-0.1, -0.05) is 19.6 Å². The quantitative estimate of drug-likeness (QED) is 0.721. The Morgan fingerprint density at radius 1 is 1.43 bits per heavy atom. The van der Waals surface area contributed by atoms with Crippen molar-refractivity contribution >= 4 is 14.3 Å². The molecule has 0 aliphatic rings. The van der Waals surface area contributed by atoms with Crippen LogP contribution in [0.2, 0.25) is 19.6 Å². The first-order valence-electron chi connectivity index (χ1n) is 4.65. The molecular weight excluding hydrogens is 194 g/mol. The topological polar surface area (TPSA) is 46.9 Å². The Bertz CT molecular complexity index is 351. The van der Waals surface area contributed by atoms with Crippen molar-refractivity contribution in [3.05, 3.63) is 17.5 Å². The van der Waals surface area contributed by atoms with Crippen molar-refractivity contribution < 1.29 is 4.79 Å². The van der Waals surface area contributed by atoms with Gasteiger partial charge in [0, 0.05) is 5.69 Å². The Hall–Kier alpha value is -1.10. The monoisotopic (exact) mass is 211 g/mol. The lowest BCUT2D eigenvalue weighted by atomic mass is 10.4. The third-order valence-electron chi connectivity index (χ3n) is 1.68. The van der Waals surface area contributed by atoms with Crippen LogP contribution < -0.4 is 4.98 Å². The summed E-state index contributed by atoms with van der Waals surface area (Å²) in [5, 5.41) is 4.12. The summed E-state index contributed by atoms with van der Waals surface area (Å²) < 4.78 is 1.42. The molecule has 78 valence electrons. The molecule has 1 aromatic heterocycles. The maximum Gasteiger partial charge on any atom is 0.334 e. The van der Waals surface area contributed by atoms with Gasteiger partial charge < -0.3 is 4.98 Å². The average molecular weight is 211 g/mol. The van der Waals surface area contributed by atoms with Crippen LogP contribution in [0.15, 0.2) is 6.07 Å². The van der Waals surface area contributed by atoms with Gasteiger partial charge >= 0.3 is 6.03 Å². The minimum absolute atomic E-state index is 0.116. The fourth-order valence-electron chi connectivity index (χ4n) is 1.21. The van der Waals surface area contributed by atoms with E-state index in [0.717, 1.165) is 11.4 Å². The Balaban J connectivity index is 2.85.